The van der Waals surface area contributed by atoms with Crippen LogP contribution in [0.5, 0.6) is 0 Å². The van der Waals surface area contributed by atoms with Crippen LogP contribution in [0.2, 0.25) is 0 Å². The van der Waals surface area contributed by atoms with Crippen LogP contribution in [-0.2, 0) is 0 Å². The zero-order chi connectivity index (χ0) is 29.1. The van der Waals surface area contributed by atoms with Gasteiger partial charge in [-0.1, -0.05) is 111 Å². The lowest BCUT2D eigenvalue weighted by Crippen LogP contribution is -2.21. The van der Waals surface area contributed by atoms with E-state index in [1.807, 2.05) is 0 Å². The molecule has 4 aromatic rings. The Labute approximate surface area is 246 Å². The first-order valence-electron chi connectivity index (χ1n) is 15.7. The Hall–Kier alpha value is -3.35. The molecule has 0 unspecified atom stereocenters. The Balaban J connectivity index is 0.000000585. The highest BCUT2D eigenvalue weighted by Gasteiger charge is 2.32. The molecule has 2 fully saturated rings. The van der Waals surface area contributed by atoms with E-state index in [1.54, 1.807) is 11.1 Å². The fourth-order valence-corrected chi connectivity index (χ4v) is 7.51. The molecule has 0 aromatic heterocycles. The second-order valence-electron chi connectivity index (χ2n) is 12.1. The van der Waals surface area contributed by atoms with E-state index in [9.17, 15) is 17.3 Å². The van der Waals surface area contributed by atoms with E-state index in [2.05, 4.69) is 88.6 Å². The number of halogens is 4. The van der Waals surface area contributed by atoms with Crippen LogP contribution in [0.15, 0.2) is 72.8 Å². The molecule has 2 saturated carbocycles. The highest BCUT2D eigenvalue weighted by molar-refractivity contribution is 6.50. The molecule has 2 aliphatic carbocycles. The Morgan fingerprint density at radius 2 is 1.10 bits per heavy atom. The third-order valence-electron chi connectivity index (χ3n) is 9.39. The number of rotatable bonds is 4. The topological polar surface area (TPSA) is 6.25 Å². The number of hydrogen-bond acceptors (Lipinski definition) is 1. The minimum absolute atomic E-state index is 0.686. The van der Waals surface area contributed by atoms with Crippen molar-refractivity contribution in [2.24, 2.45) is 0 Å². The number of fused-ring (bicyclic) bond motifs is 2. The summed E-state index contributed by atoms with van der Waals surface area (Å²) in [7, 11) is -6.00. The number of hydrogen-bond donors (Lipinski definition) is 0. The van der Waals surface area contributed by atoms with Gasteiger partial charge in [-0.05, 0) is 48.3 Å². The lowest BCUT2D eigenvalue weighted by atomic mass is 9.82. The van der Waals surface area contributed by atoms with Gasteiger partial charge in [-0.3, -0.25) is 0 Å². The third kappa shape index (κ3) is 6.35. The standard InChI is InChI=1S/C35H39N2.BF4/c1-3-11-26(12-4-1)32-21-19-28-15-7-9-17-30(28)34(32)36-23-24-37(25-36)35-31-18-10-8-16-29(31)20-22-33(35)27-13-5-2-6-14-27;2-1(3,4)5/h7-10,15-22,25-27H,1-6,11-14,23-24H2;/q+1;-1. The Bertz CT molecular complexity index is 1560. The molecule has 7 heteroatoms. The highest BCUT2D eigenvalue weighted by atomic mass is 19.5. The Morgan fingerprint density at radius 3 is 1.71 bits per heavy atom. The van der Waals surface area contributed by atoms with Crippen LogP contribution >= 0.6 is 0 Å². The SMILES string of the molecule is C1=[N+](c2c(C3CCCCC3)ccc3ccccc23)CCN1c1c(C2CCCCC2)ccc2ccccc12.F[B-](F)(F)F. The predicted molar refractivity (Wildman–Crippen MR) is 168 cm³/mol. The van der Waals surface area contributed by atoms with Gasteiger partial charge in [-0.2, -0.15) is 0 Å². The van der Waals surface area contributed by atoms with Crippen molar-refractivity contribution in [3.63, 3.8) is 0 Å². The first-order valence-corrected chi connectivity index (χ1v) is 15.7. The summed E-state index contributed by atoms with van der Waals surface area (Å²) in [5, 5.41) is 5.54. The van der Waals surface area contributed by atoms with Crippen molar-refractivity contribution in [2.45, 2.75) is 76.0 Å². The molecule has 3 aliphatic rings. The quantitative estimate of drug-likeness (QED) is 0.134. The molecule has 0 N–H and O–H groups in total. The molecule has 0 atom stereocenters. The molecule has 220 valence electrons. The lowest BCUT2D eigenvalue weighted by Gasteiger charge is -2.25. The van der Waals surface area contributed by atoms with Gasteiger partial charge in [0.05, 0.1) is 0 Å². The monoisotopic (exact) mass is 574 g/mol. The number of anilines is 1. The summed E-state index contributed by atoms with van der Waals surface area (Å²) in [6.45, 7) is 2.09. The molecule has 1 heterocycles. The zero-order valence-corrected chi connectivity index (χ0v) is 24.1. The van der Waals surface area contributed by atoms with E-state index in [0.717, 1.165) is 13.1 Å². The van der Waals surface area contributed by atoms with Gasteiger partial charge in [-0.15, -0.1) is 0 Å². The summed E-state index contributed by atoms with van der Waals surface area (Å²) in [5.41, 5.74) is 6.07. The number of benzene rings is 4. The van der Waals surface area contributed by atoms with Gasteiger partial charge in [0.2, 0.25) is 6.34 Å². The minimum Gasteiger partial charge on any atom is -0.418 e. The molecule has 0 radical (unpaired) electrons. The smallest absolute Gasteiger partial charge is 0.418 e. The van der Waals surface area contributed by atoms with Crippen LogP contribution in [0.3, 0.4) is 0 Å². The van der Waals surface area contributed by atoms with Crippen molar-refractivity contribution in [1.82, 2.24) is 0 Å². The summed E-state index contributed by atoms with van der Waals surface area (Å²) in [4.78, 5) is 2.60. The fraction of sp³-hybridized carbons (Fsp3) is 0.400. The minimum atomic E-state index is -6.00. The van der Waals surface area contributed by atoms with E-state index >= 15 is 0 Å². The lowest BCUT2D eigenvalue weighted by molar-refractivity contribution is -0.423. The van der Waals surface area contributed by atoms with Crippen LogP contribution < -0.4 is 4.90 Å². The molecule has 7 rings (SSSR count). The molecule has 42 heavy (non-hydrogen) atoms. The molecule has 0 bridgehead atoms. The van der Waals surface area contributed by atoms with Gasteiger partial charge in [-0.25, -0.2) is 9.48 Å². The van der Waals surface area contributed by atoms with Crippen molar-refractivity contribution in [3.05, 3.63) is 83.9 Å². The maximum atomic E-state index is 9.75. The second-order valence-corrected chi connectivity index (χ2v) is 12.1. The van der Waals surface area contributed by atoms with Crippen molar-refractivity contribution >= 4 is 46.5 Å². The van der Waals surface area contributed by atoms with E-state index in [1.165, 1.54) is 97.1 Å². The average Bonchev–Trinajstić information content (AvgIpc) is 3.49. The highest BCUT2D eigenvalue weighted by Crippen LogP contribution is 2.44. The van der Waals surface area contributed by atoms with Crippen molar-refractivity contribution < 1.29 is 21.8 Å². The normalized spacial score (nSPS) is 18.7. The Kier molecular flexibility index (Phi) is 8.55. The van der Waals surface area contributed by atoms with Crippen LogP contribution in [0, 0.1) is 0 Å². The van der Waals surface area contributed by atoms with Crippen molar-refractivity contribution in [3.8, 4) is 0 Å². The summed E-state index contributed by atoms with van der Waals surface area (Å²) in [5.74, 6) is 1.37. The van der Waals surface area contributed by atoms with Crippen LogP contribution in [0.4, 0.5) is 28.6 Å². The molecule has 4 aromatic carbocycles. The predicted octanol–water partition coefficient (Wildman–Crippen LogP) is 10.6. The first-order chi connectivity index (χ1) is 20.4. The fourth-order valence-electron chi connectivity index (χ4n) is 7.51. The van der Waals surface area contributed by atoms with Gasteiger partial charge >= 0.3 is 7.25 Å². The number of nitrogens with zero attached hydrogens (tertiary/aromatic N) is 2. The summed E-state index contributed by atoms with van der Waals surface area (Å²) < 4.78 is 41.6. The Morgan fingerprint density at radius 1 is 0.595 bits per heavy atom. The molecule has 0 saturated heterocycles. The maximum Gasteiger partial charge on any atom is 0.673 e. The molecule has 0 spiro atoms. The molecule has 1 aliphatic heterocycles. The first kappa shape index (κ1) is 28.8. The van der Waals surface area contributed by atoms with Gasteiger partial charge in [0, 0.05) is 21.9 Å². The van der Waals surface area contributed by atoms with Crippen molar-refractivity contribution in [1.29, 1.82) is 0 Å². The van der Waals surface area contributed by atoms with E-state index in [4.69, 9.17) is 0 Å². The van der Waals surface area contributed by atoms with Gasteiger partial charge in [0.1, 0.15) is 24.5 Å². The zero-order valence-electron chi connectivity index (χ0n) is 24.1. The van der Waals surface area contributed by atoms with Gasteiger partial charge < -0.3 is 17.3 Å². The summed E-state index contributed by atoms with van der Waals surface area (Å²) >= 11 is 0. The third-order valence-corrected chi connectivity index (χ3v) is 9.39. The van der Waals surface area contributed by atoms with Gasteiger partial charge in [0.15, 0.2) is 0 Å². The van der Waals surface area contributed by atoms with E-state index in [-0.39, 0.29) is 0 Å². The maximum absolute atomic E-state index is 9.75. The average molecular weight is 575 g/mol. The molecule has 0 amide bonds. The van der Waals surface area contributed by atoms with Crippen molar-refractivity contribution in [2.75, 3.05) is 18.0 Å². The van der Waals surface area contributed by atoms with E-state index in [0.29, 0.717) is 11.8 Å². The van der Waals surface area contributed by atoms with Gasteiger partial charge in [0.25, 0.3) is 0 Å². The second kappa shape index (κ2) is 12.5. The summed E-state index contributed by atoms with van der Waals surface area (Å²) in [6.07, 6.45) is 16.1. The largest absolute Gasteiger partial charge is 0.673 e. The molecule has 2 nitrogen and oxygen atoms in total. The van der Waals surface area contributed by atoms with Crippen LogP contribution in [0.25, 0.3) is 21.5 Å². The summed E-state index contributed by atoms with van der Waals surface area (Å²) in [6, 6.07) is 27.7. The van der Waals surface area contributed by atoms with E-state index < -0.39 is 7.25 Å². The molecular formula is C35H39BF4N2. The van der Waals surface area contributed by atoms with Crippen LogP contribution in [0.1, 0.15) is 87.2 Å². The molecular weight excluding hydrogens is 535 g/mol. The van der Waals surface area contributed by atoms with Crippen LogP contribution in [-0.4, -0.2) is 31.3 Å².